The smallest absolute Gasteiger partial charge is 0.262 e. The molecule has 2 aromatic carbocycles. The first-order valence-electron chi connectivity index (χ1n) is 14.1. The van der Waals surface area contributed by atoms with Crippen molar-refractivity contribution in [2.45, 2.75) is 51.0 Å². The van der Waals surface area contributed by atoms with Crippen molar-refractivity contribution < 1.29 is 14.6 Å². The Bertz CT molecular complexity index is 1700. The largest absolute Gasteiger partial charge is 0.388 e. The molecule has 2 fully saturated rings. The number of benzene rings is 2. The van der Waals surface area contributed by atoms with Crippen LogP contribution >= 0.6 is 23.2 Å². The molecular weight excluding hydrogens is 577 g/mol. The zero-order valence-corrected chi connectivity index (χ0v) is 25.0. The summed E-state index contributed by atoms with van der Waals surface area (Å²) in [7, 11) is 0. The number of piperidine rings is 1. The molecule has 2 atom stereocenters. The standard InChI is InChI=1S/C31H33Cl2N5O4/c1-19-12-23(6-7-24(19)26-16-42-20(2)15-34-26)38-27(33)14-25-28(38)35-18-37(30(25)40)17-31(41)8-10-36(11-9-31)29(39)21-4-3-5-22(32)13-21/h3-7,12-14,18,20,26,34,41H,8-11,15-17H2,1-2H3/t20-,26?/m1/s1. The van der Waals surface area contributed by atoms with E-state index in [0.29, 0.717) is 59.3 Å². The molecule has 9 nitrogen and oxygen atoms in total. The van der Waals surface area contributed by atoms with E-state index in [4.69, 9.17) is 27.9 Å². The van der Waals surface area contributed by atoms with Gasteiger partial charge in [-0.2, -0.15) is 0 Å². The molecule has 4 heterocycles. The van der Waals surface area contributed by atoms with Crippen molar-refractivity contribution in [2.24, 2.45) is 0 Å². The van der Waals surface area contributed by atoms with Gasteiger partial charge in [-0.1, -0.05) is 35.3 Å². The van der Waals surface area contributed by atoms with Crippen LogP contribution in [0.1, 0.15) is 47.3 Å². The molecule has 2 saturated heterocycles. The summed E-state index contributed by atoms with van der Waals surface area (Å²) < 4.78 is 9.02. The number of morpholine rings is 1. The number of carbonyl (C=O) groups is 1. The van der Waals surface area contributed by atoms with E-state index in [1.165, 1.54) is 10.9 Å². The van der Waals surface area contributed by atoms with Crippen LogP contribution in [0.4, 0.5) is 0 Å². The van der Waals surface area contributed by atoms with Crippen molar-refractivity contribution in [3.8, 4) is 5.69 Å². The molecule has 0 saturated carbocycles. The van der Waals surface area contributed by atoms with Gasteiger partial charge in [0, 0.05) is 35.9 Å². The summed E-state index contributed by atoms with van der Waals surface area (Å²) in [4.78, 5) is 32.7. The lowest BCUT2D eigenvalue weighted by molar-refractivity contribution is -0.0299. The highest BCUT2D eigenvalue weighted by molar-refractivity contribution is 6.31. The Hall–Kier alpha value is -3.21. The van der Waals surface area contributed by atoms with E-state index in [9.17, 15) is 14.7 Å². The highest BCUT2D eigenvalue weighted by Crippen LogP contribution is 2.30. The van der Waals surface area contributed by atoms with Crippen molar-refractivity contribution in [1.29, 1.82) is 0 Å². The number of likely N-dealkylation sites (tertiary alicyclic amines) is 1. The van der Waals surface area contributed by atoms with Gasteiger partial charge in [-0.3, -0.25) is 18.7 Å². The Morgan fingerprint density at radius 1 is 1.17 bits per heavy atom. The van der Waals surface area contributed by atoms with Gasteiger partial charge in [-0.15, -0.1) is 0 Å². The monoisotopic (exact) mass is 609 g/mol. The average molecular weight is 611 g/mol. The first-order valence-corrected chi connectivity index (χ1v) is 14.9. The van der Waals surface area contributed by atoms with Gasteiger partial charge in [0.25, 0.3) is 11.5 Å². The molecule has 0 bridgehead atoms. The first kappa shape index (κ1) is 28.9. The number of aliphatic hydroxyl groups is 1. The fraction of sp³-hybridized carbons (Fsp3) is 0.387. The van der Waals surface area contributed by atoms with Crippen molar-refractivity contribution in [1.82, 2.24) is 24.3 Å². The minimum atomic E-state index is -1.15. The zero-order valence-electron chi connectivity index (χ0n) is 23.5. The van der Waals surface area contributed by atoms with Crippen molar-refractivity contribution >= 4 is 40.1 Å². The average Bonchev–Trinajstić information content (AvgIpc) is 3.31. The Balaban J connectivity index is 1.20. The van der Waals surface area contributed by atoms with Gasteiger partial charge in [0.2, 0.25) is 0 Å². The van der Waals surface area contributed by atoms with E-state index in [0.717, 1.165) is 23.4 Å². The van der Waals surface area contributed by atoms with Crippen LogP contribution in [0.3, 0.4) is 0 Å². The second kappa shape index (κ2) is 11.5. The molecule has 220 valence electrons. The molecule has 1 unspecified atom stereocenters. The summed E-state index contributed by atoms with van der Waals surface area (Å²) >= 11 is 12.7. The Kier molecular flexibility index (Phi) is 7.89. The minimum absolute atomic E-state index is 0.0691. The van der Waals surface area contributed by atoms with Crippen molar-refractivity contribution in [2.75, 3.05) is 26.2 Å². The van der Waals surface area contributed by atoms with Crippen molar-refractivity contribution in [3.63, 3.8) is 0 Å². The number of nitrogens with one attached hydrogen (secondary N) is 1. The summed E-state index contributed by atoms with van der Waals surface area (Å²) in [6.07, 6.45) is 2.32. The molecule has 6 rings (SSSR count). The van der Waals surface area contributed by atoms with Gasteiger partial charge in [-0.25, -0.2) is 4.98 Å². The van der Waals surface area contributed by atoms with E-state index in [-0.39, 0.29) is 30.2 Å². The van der Waals surface area contributed by atoms with Crippen LogP contribution in [-0.2, 0) is 11.3 Å². The molecule has 2 N–H and O–H groups in total. The molecule has 2 aromatic heterocycles. The topological polar surface area (TPSA) is 102 Å². The van der Waals surface area contributed by atoms with E-state index in [1.807, 2.05) is 19.1 Å². The van der Waals surface area contributed by atoms with E-state index >= 15 is 0 Å². The fourth-order valence-corrected chi connectivity index (χ4v) is 6.40. The number of nitrogens with zero attached hydrogens (tertiary/aromatic N) is 4. The molecule has 42 heavy (non-hydrogen) atoms. The molecule has 0 radical (unpaired) electrons. The number of rotatable bonds is 5. The molecule has 0 aliphatic carbocycles. The normalized spacial score (nSPS) is 20.6. The Labute approximate surface area is 253 Å². The number of amides is 1. The maximum Gasteiger partial charge on any atom is 0.262 e. The van der Waals surface area contributed by atoms with E-state index < -0.39 is 5.60 Å². The number of fused-ring (bicyclic) bond motifs is 1. The number of carbonyl (C=O) groups excluding carboxylic acids is 1. The van der Waals surface area contributed by atoms with Crippen LogP contribution in [0.5, 0.6) is 0 Å². The third-order valence-electron chi connectivity index (χ3n) is 8.34. The van der Waals surface area contributed by atoms with Crippen LogP contribution in [0.2, 0.25) is 10.2 Å². The van der Waals surface area contributed by atoms with Gasteiger partial charge in [-0.05, 0) is 74.2 Å². The third kappa shape index (κ3) is 5.59. The fourth-order valence-electron chi connectivity index (χ4n) is 5.93. The van der Waals surface area contributed by atoms with Gasteiger partial charge >= 0.3 is 0 Å². The zero-order chi connectivity index (χ0) is 29.6. The Morgan fingerprint density at radius 2 is 1.95 bits per heavy atom. The molecule has 11 heteroatoms. The second-order valence-corrected chi connectivity index (χ2v) is 12.2. The summed E-state index contributed by atoms with van der Waals surface area (Å²) in [6, 6.07) is 14.6. The Morgan fingerprint density at radius 3 is 2.64 bits per heavy atom. The van der Waals surface area contributed by atoms with Crippen LogP contribution in [0, 0.1) is 6.92 Å². The lowest BCUT2D eigenvalue weighted by atomic mass is 9.91. The minimum Gasteiger partial charge on any atom is -0.388 e. The second-order valence-electron chi connectivity index (χ2n) is 11.4. The van der Waals surface area contributed by atoms with Gasteiger partial charge in [0.05, 0.1) is 36.3 Å². The summed E-state index contributed by atoms with van der Waals surface area (Å²) in [5, 5.41) is 16.1. The molecule has 1 amide bonds. The number of halogens is 2. The molecule has 2 aliphatic heterocycles. The van der Waals surface area contributed by atoms with Gasteiger partial charge in [0.1, 0.15) is 11.5 Å². The highest BCUT2D eigenvalue weighted by atomic mass is 35.5. The van der Waals surface area contributed by atoms with Gasteiger partial charge in [0.15, 0.2) is 5.65 Å². The van der Waals surface area contributed by atoms with Crippen LogP contribution in [0.25, 0.3) is 16.7 Å². The number of ether oxygens (including phenoxy) is 1. The van der Waals surface area contributed by atoms with Crippen LogP contribution < -0.4 is 10.9 Å². The SMILES string of the molecule is Cc1cc(-n2c(Cl)cc3c(=O)n(CC4(O)CCN(C(=O)c5cccc(Cl)c5)CC4)cnc32)ccc1C1CO[C@H](C)CN1. The third-order valence-corrected chi connectivity index (χ3v) is 8.86. The quantitative estimate of drug-likeness (QED) is 0.345. The van der Waals surface area contributed by atoms with Crippen LogP contribution in [0.15, 0.2) is 59.7 Å². The molecular formula is C31H33Cl2N5O4. The number of aromatic nitrogens is 3. The summed E-state index contributed by atoms with van der Waals surface area (Å²) in [5.74, 6) is -0.128. The van der Waals surface area contributed by atoms with Crippen LogP contribution in [-0.4, -0.2) is 68.0 Å². The summed E-state index contributed by atoms with van der Waals surface area (Å²) in [6.45, 7) is 6.31. The predicted molar refractivity (Wildman–Crippen MR) is 163 cm³/mol. The predicted octanol–water partition coefficient (Wildman–Crippen LogP) is 4.52. The van der Waals surface area contributed by atoms with E-state index in [1.54, 1.807) is 39.8 Å². The molecule has 2 aliphatic rings. The highest BCUT2D eigenvalue weighted by Gasteiger charge is 2.35. The number of aryl methyl sites for hydroxylation is 1. The summed E-state index contributed by atoms with van der Waals surface area (Å²) in [5.41, 5.74) is 2.57. The lowest BCUT2D eigenvalue weighted by Gasteiger charge is -2.38. The van der Waals surface area contributed by atoms with E-state index in [2.05, 4.69) is 23.3 Å². The number of hydrogen-bond donors (Lipinski definition) is 2. The lowest BCUT2D eigenvalue weighted by Crippen LogP contribution is -2.49. The molecule has 4 aromatic rings. The maximum absolute atomic E-state index is 13.5. The maximum atomic E-state index is 13.5. The first-order chi connectivity index (χ1) is 20.1. The molecule has 0 spiro atoms. The number of hydrogen-bond acceptors (Lipinski definition) is 6. The van der Waals surface area contributed by atoms with Gasteiger partial charge < -0.3 is 20.1 Å². The van der Waals surface area contributed by atoms with Crippen molar-refractivity contribution in [3.05, 3.63) is 92.1 Å².